The molecule has 1 aromatic heterocycles. The van der Waals surface area contributed by atoms with Gasteiger partial charge in [-0.3, -0.25) is 0 Å². The second kappa shape index (κ2) is 10.8. The molecule has 0 aliphatic heterocycles. The van der Waals surface area contributed by atoms with Crippen molar-refractivity contribution in [2.75, 3.05) is 33.5 Å². The molecular weight excluding hydrogens is 492 g/mol. The van der Waals surface area contributed by atoms with Crippen LogP contribution in [0.4, 0.5) is 0 Å². The van der Waals surface area contributed by atoms with Crippen LogP contribution in [0.5, 0.6) is 23.0 Å². The Bertz CT molecular complexity index is 1160. The number of phenols is 1. The molecule has 3 aromatic carbocycles. The molecule has 1 heterocycles. The molecule has 5 nitrogen and oxygen atoms in total. The maximum absolute atomic E-state index is 9.92. The molecule has 0 saturated carbocycles. The van der Waals surface area contributed by atoms with E-state index >= 15 is 0 Å². The summed E-state index contributed by atoms with van der Waals surface area (Å²) in [6, 6.07) is 21.0. The van der Waals surface area contributed by atoms with E-state index in [2.05, 4.69) is 15.9 Å². The van der Waals surface area contributed by atoms with Crippen LogP contribution < -0.4 is 9.47 Å². The summed E-state index contributed by atoms with van der Waals surface area (Å²) in [5.41, 5.74) is 1.05. The number of hydrogen-bond donors (Lipinski definition) is 1. The van der Waals surface area contributed by atoms with Crippen LogP contribution in [0.15, 0.2) is 71.2 Å². The lowest BCUT2D eigenvalue weighted by molar-refractivity contribution is 0.0544. The maximum Gasteiger partial charge on any atom is 0.153 e. The Morgan fingerprint density at radius 3 is 2.31 bits per heavy atom. The fourth-order valence-corrected chi connectivity index (χ4v) is 4.57. The summed E-state index contributed by atoms with van der Waals surface area (Å²) in [5, 5.41) is 10.9. The van der Waals surface area contributed by atoms with Gasteiger partial charge in [0.2, 0.25) is 0 Å². The molecule has 0 unspecified atom stereocenters. The molecule has 0 radical (unpaired) electrons. The topological polar surface area (TPSA) is 57.2 Å². The fourth-order valence-electron chi connectivity index (χ4n) is 3.14. The van der Waals surface area contributed by atoms with Gasteiger partial charge in [-0.2, -0.15) is 0 Å². The molecule has 0 aliphatic rings. The molecule has 0 atom stereocenters. The van der Waals surface area contributed by atoms with Crippen LogP contribution in [0.2, 0.25) is 0 Å². The predicted molar refractivity (Wildman–Crippen MR) is 131 cm³/mol. The smallest absolute Gasteiger partial charge is 0.153 e. The molecule has 7 heteroatoms. The largest absolute Gasteiger partial charge is 0.508 e. The average molecular weight is 515 g/mol. The summed E-state index contributed by atoms with van der Waals surface area (Å²) < 4.78 is 24.4. The van der Waals surface area contributed by atoms with Gasteiger partial charge in [0.1, 0.15) is 23.9 Å². The highest BCUT2D eigenvalue weighted by molar-refractivity contribution is 9.10. The van der Waals surface area contributed by atoms with Gasteiger partial charge in [0, 0.05) is 21.7 Å². The van der Waals surface area contributed by atoms with Crippen molar-refractivity contribution < 1.29 is 24.1 Å². The Kier molecular flexibility index (Phi) is 7.65. The van der Waals surface area contributed by atoms with Crippen LogP contribution in [-0.2, 0) is 9.47 Å². The third-order valence-corrected chi connectivity index (χ3v) is 6.42. The van der Waals surface area contributed by atoms with Gasteiger partial charge < -0.3 is 24.1 Å². The summed E-state index contributed by atoms with van der Waals surface area (Å²) in [7, 11) is 1.65. The van der Waals surface area contributed by atoms with Crippen LogP contribution in [0.25, 0.3) is 20.5 Å². The van der Waals surface area contributed by atoms with Crippen LogP contribution in [-0.4, -0.2) is 38.6 Å². The molecule has 0 aliphatic carbocycles. The normalized spacial score (nSPS) is 11.1. The standard InChI is InChI=1S/C25H23BrO5S/c1-28-12-13-29-14-15-30-20-7-9-21(10-8-20)31-24-22-11-6-19(27)16-23(22)32-25(24)17-2-4-18(26)5-3-17/h2-11,16,27H,12-15H2,1H3. The number of halogens is 1. The first kappa shape index (κ1) is 22.6. The zero-order chi connectivity index (χ0) is 22.3. The molecule has 4 rings (SSSR count). The van der Waals surface area contributed by atoms with Gasteiger partial charge in [0.15, 0.2) is 5.75 Å². The molecule has 0 amide bonds. The molecule has 0 fully saturated rings. The van der Waals surface area contributed by atoms with Gasteiger partial charge in [0.25, 0.3) is 0 Å². The number of benzene rings is 3. The van der Waals surface area contributed by atoms with Crippen molar-refractivity contribution in [2.45, 2.75) is 0 Å². The highest BCUT2D eigenvalue weighted by Crippen LogP contribution is 2.47. The van der Waals surface area contributed by atoms with Crippen molar-refractivity contribution in [3.63, 3.8) is 0 Å². The molecule has 1 N–H and O–H groups in total. The monoisotopic (exact) mass is 514 g/mol. The Labute approximate surface area is 199 Å². The van der Waals surface area contributed by atoms with E-state index in [1.54, 1.807) is 30.6 Å². The lowest BCUT2D eigenvalue weighted by Gasteiger charge is -2.10. The lowest BCUT2D eigenvalue weighted by Crippen LogP contribution is -2.09. The second-order valence-electron chi connectivity index (χ2n) is 6.97. The highest BCUT2D eigenvalue weighted by atomic mass is 79.9. The molecule has 0 bridgehead atoms. The number of ether oxygens (including phenoxy) is 4. The SMILES string of the molecule is COCCOCCOc1ccc(Oc2c(-c3ccc(Br)cc3)sc3cc(O)ccc23)cc1. The van der Waals surface area contributed by atoms with Crippen LogP contribution in [0.3, 0.4) is 0 Å². The van der Waals surface area contributed by atoms with E-state index in [1.165, 1.54) is 0 Å². The third-order valence-electron chi connectivity index (χ3n) is 4.71. The maximum atomic E-state index is 9.92. The Hall–Kier alpha value is -2.58. The van der Waals surface area contributed by atoms with E-state index in [-0.39, 0.29) is 5.75 Å². The predicted octanol–water partition coefficient (Wildman–Crippen LogP) is 6.87. The first-order valence-corrected chi connectivity index (χ1v) is 11.7. The van der Waals surface area contributed by atoms with Crippen molar-refractivity contribution in [3.8, 4) is 33.4 Å². The van der Waals surface area contributed by atoms with Gasteiger partial charge >= 0.3 is 0 Å². The van der Waals surface area contributed by atoms with E-state index < -0.39 is 0 Å². The number of hydrogen-bond acceptors (Lipinski definition) is 6. The van der Waals surface area contributed by atoms with E-state index in [1.807, 2.05) is 54.6 Å². The number of fused-ring (bicyclic) bond motifs is 1. The summed E-state index contributed by atoms with van der Waals surface area (Å²) in [5.74, 6) is 2.47. The van der Waals surface area contributed by atoms with Gasteiger partial charge in [-0.05, 0) is 60.2 Å². The molecule has 4 aromatic rings. The zero-order valence-electron chi connectivity index (χ0n) is 17.5. The van der Waals surface area contributed by atoms with Gasteiger partial charge in [-0.25, -0.2) is 0 Å². The Balaban J connectivity index is 1.52. The van der Waals surface area contributed by atoms with E-state index in [0.717, 1.165) is 36.5 Å². The molecule has 0 spiro atoms. The highest BCUT2D eigenvalue weighted by Gasteiger charge is 2.17. The van der Waals surface area contributed by atoms with Crippen molar-refractivity contribution in [3.05, 3.63) is 71.2 Å². The van der Waals surface area contributed by atoms with Crippen molar-refractivity contribution in [2.24, 2.45) is 0 Å². The number of thiophene rings is 1. The first-order valence-electron chi connectivity index (χ1n) is 10.1. The van der Waals surface area contributed by atoms with Crippen molar-refractivity contribution in [1.82, 2.24) is 0 Å². The van der Waals surface area contributed by atoms with E-state index in [0.29, 0.717) is 32.2 Å². The minimum atomic E-state index is 0.236. The van der Waals surface area contributed by atoms with Crippen molar-refractivity contribution in [1.29, 1.82) is 0 Å². The number of phenolic OH excluding ortho intramolecular Hbond substituents is 1. The number of rotatable bonds is 10. The van der Waals surface area contributed by atoms with Gasteiger partial charge in [0.05, 0.1) is 24.7 Å². The fraction of sp³-hybridized carbons (Fsp3) is 0.200. The third kappa shape index (κ3) is 5.61. The molecule has 0 saturated heterocycles. The summed E-state index contributed by atoms with van der Waals surface area (Å²) in [6.45, 7) is 2.10. The van der Waals surface area contributed by atoms with Gasteiger partial charge in [-0.15, -0.1) is 11.3 Å². The minimum Gasteiger partial charge on any atom is -0.508 e. The van der Waals surface area contributed by atoms with Crippen molar-refractivity contribution >= 4 is 37.4 Å². The lowest BCUT2D eigenvalue weighted by atomic mass is 10.1. The summed E-state index contributed by atoms with van der Waals surface area (Å²) in [6.07, 6.45) is 0. The quantitative estimate of drug-likeness (QED) is 0.234. The molecular formula is C25H23BrO5S. The molecule has 32 heavy (non-hydrogen) atoms. The van der Waals surface area contributed by atoms with Crippen LogP contribution in [0.1, 0.15) is 0 Å². The van der Waals surface area contributed by atoms with E-state index in [4.69, 9.17) is 18.9 Å². The summed E-state index contributed by atoms with van der Waals surface area (Å²) in [4.78, 5) is 1.01. The number of methoxy groups -OCH3 is 1. The number of aromatic hydroxyl groups is 1. The second-order valence-corrected chi connectivity index (χ2v) is 8.94. The van der Waals surface area contributed by atoms with Gasteiger partial charge in [-0.1, -0.05) is 28.1 Å². The van der Waals surface area contributed by atoms with Crippen LogP contribution >= 0.6 is 27.3 Å². The van der Waals surface area contributed by atoms with Crippen LogP contribution in [0, 0.1) is 0 Å². The first-order chi connectivity index (χ1) is 15.6. The summed E-state index contributed by atoms with van der Waals surface area (Å²) >= 11 is 5.08. The minimum absolute atomic E-state index is 0.236. The van der Waals surface area contributed by atoms with E-state index in [9.17, 15) is 5.11 Å². The Morgan fingerprint density at radius 2 is 1.56 bits per heavy atom. The average Bonchev–Trinajstić information content (AvgIpc) is 3.15. The zero-order valence-corrected chi connectivity index (χ0v) is 19.9. The Morgan fingerprint density at radius 1 is 0.844 bits per heavy atom. The molecule has 166 valence electrons.